The summed E-state index contributed by atoms with van der Waals surface area (Å²) in [5.41, 5.74) is 0.224. The molecule has 4 heteroatoms. The topological polar surface area (TPSA) is 39.1 Å². The number of hydrogen-bond acceptors (Lipinski definition) is 3. The van der Waals surface area contributed by atoms with E-state index in [2.05, 4.69) is 42.6 Å². The first-order chi connectivity index (χ1) is 8.45. The summed E-state index contributed by atoms with van der Waals surface area (Å²) in [6.45, 7) is 13.4. The van der Waals surface area contributed by atoms with Crippen molar-refractivity contribution in [1.29, 1.82) is 0 Å². The third kappa shape index (κ3) is 4.69. The van der Waals surface area contributed by atoms with Crippen LogP contribution in [0, 0.1) is 5.41 Å². The predicted molar refractivity (Wildman–Crippen MR) is 75.9 cm³/mol. The van der Waals surface area contributed by atoms with Gasteiger partial charge in [0.15, 0.2) is 0 Å². The Bertz CT molecular complexity index is 341. The van der Waals surface area contributed by atoms with E-state index in [1.54, 1.807) is 0 Å². The molecular weight excluding hydrogens is 226 g/mol. The number of ether oxygens (including phenoxy) is 1. The van der Waals surface area contributed by atoms with Crippen LogP contribution in [0.4, 0.5) is 5.95 Å². The second kappa shape index (κ2) is 6.78. The van der Waals surface area contributed by atoms with Gasteiger partial charge < -0.3 is 14.6 Å². The average Bonchev–Trinajstić information content (AvgIpc) is 2.71. The van der Waals surface area contributed by atoms with Crippen LogP contribution in [-0.2, 0) is 11.3 Å². The molecule has 104 valence electrons. The van der Waals surface area contributed by atoms with E-state index in [0.717, 1.165) is 32.1 Å². The van der Waals surface area contributed by atoms with Gasteiger partial charge in [-0.25, -0.2) is 4.98 Å². The van der Waals surface area contributed by atoms with Gasteiger partial charge in [-0.05, 0) is 25.7 Å². The standard InChI is InChI=1S/C14H27N3O/c1-6-18-11-7-9-17-10-8-15-13(17)16-12(2)14(3,4)5/h8,10,12H,6-7,9,11H2,1-5H3,(H,15,16). The van der Waals surface area contributed by atoms with E-state index in [4.69, 9.17) is 4.74 Å². The summed E-state index contributed by atoms with van der Waals surface area (Å²) in [6.07, 6.45) is 4.88. The third-order valence-electron chi connectivity index (χ3n) is 3.25. The van der Waals surface area contributed by atoms with Crippen molar-refractivity contribution in [3.05, 3.63) is 12.4 Å². The highest BCUT2D eigenvalue weighted by molar-refractivity contribution is 5.28. The Morgan fingerprint density at radius 2 is 2.17 bits per heavy atom. The predicted octanol–water partition coefficient (Wildman–Crippen LogP) is 3.16. The van der Waals surface area contributed by atoms with E-state index >= 15 is 0 Å². The number of aromatic nitrogens is 2. The van der Waals surface area contributed by atoms with Crippen LogP contribution in [0.15, 0.2) is 12.4 Å². The molecule has 0 aliphatic rings. The minimum atomic E-state index is 0.224. The zero-order valence-corrected chi connectivity index (χ0v) is 12.4. The Hall–Kier alpha value is -1.03. The van der Waals surface area contributed by atoms with Crippen LogP contribution in [-0.4, -0.2) is 28.8 Å². The van der Waals surface area contributed by atoms with Gasteiger partial charge in [-0.3, -0.25) is 0 Å². The van der Waals surface area contributed by atoms with Crippen LogP contribution in [0.25, 0.3) is 0 Å². The maximum atomic E-state index is 5.35. The summed E-state index contributed by atoms with van der Waals surface area (Å²) in [5.74, 6) is 0.953. The molecule has 18 heavy (non-hydrogen) atoms. The van der Waals surface area contributed by atoms with Gasteiger partial charge in [0.05, 0.1) is 0 Å². The largest absolute Gasteiger partial charge is 0.382 e. The van der Waals surface area contributed by atoms with Gasteiger partial charge in [0.1, 0.15) is 0 Å². The monoisotopic (exact) mass is 253 g/mol. The van der Waals surface area contributed by atoms with Crippen molar-refractivity contribution >= 4 is 5.95 Å². The van der Waals surface area contributed by atoms with Crippen molar-refractivity contribution in [3.63, 3.8) is 0 Å². The van der Waals surface area contributed by atoms with Crippen LogP contribution in [0.2, 0.25) is 0 Å². The number of nitrogens with zero attached hydrogens (tertiary/aromatic N) is 2. The Balaban J connectivity index is 2.49. The molecule has 1 rings (SSSR count). The molecule has 1 heterocycles. The summed E-state index contributed by atoms with van der Waals surface area (Å²) in [4.78, 5) is 4.38. The summed E-state index contributed by atoms with van der Waals surface area (Å²) < 4.78 is 7.51. The van der Waals surface area contributed by atoms with E-state index in [-0.39, 0.29) is 5.41 Å². The Morgan fingerprint density at radius 1 is 1.44 bits per heavy atom. The Morgan fingerprint density at radius 3 is 2.78 bits per heavy atom. The van der Waals surface area contributed by atoms with E-state index in [1.165, 1.54) is 0 Å². The number of hydrogen-bond donors (Lipinski definition) is 1. The minimum Gasteiger partial charge on any atom is -0.382 e. The molecule has 1 N–H and O–H groups in total. The van der Waals surface area contributed by atoms with Crippen LogP contribution in [0.1, 0.15) is 41.0 Å². The first-order valence-electron chi connectivity index (χ1n) is 6.80. The van der Waals surface area contributed by atoms with Crippen molar-refractivity contribution in [2.45, 2.75) is 53.6 Å². The molecular formula is C14H27N3O. The lowest BCUT2D eigenvalue weighted by molar-refractivity contribution is 0.141. The molecule has 0 aliphatic heterocycles. The number of aryl methyl sites for hydroxylation is 1. The molecule has 0 saturated heterocycles. The number of imidazole rings is 1. The highest BCUT2D eigenvalue weighted by Crippen LogP contribution is 2.22. The van der Waals surface area contributed by atoms with Gasteiger partial charge in [0.25, 0.3) is 0 Å². The molecule has 0 amide bonds. The molecule has 0 saturated carbocycles. The molecule has 0 radical (unpaired) electrons. The lowest BCUT2D eigenvalue weighted by atomic mass is 9.88. The van der Waals surface area contributed by atoms with Gasteiger partial charge in [0.2, 0.25) is 5.95 Å². The molecule has 0 bridgehead atoms. The van der Waals surface area contributed by atoms with Crippen molar-refractivity contribution in [3.8, 4) is 0 Å². The van der Waals surface area contributed by atoms with Crippen molar-refractivity contribution in [2.75, 3.05) is 18.5 Å². The summed E-state index contributed by atoms with van der Waals surface area (Å²) in [7, 11) is 0. The summed E-state index contributed by atoms with van der Waals surface area (Å²) >= 11 is 0. The molecule has 4 nitrogen and oxygen atoms in total. The number of nitrogens with one attached hydrogen (secondary N) is 1. The molecule has 0 aliphatic carbocycles. The second-order valence-electron chi connectivity index (χ2n) is 5.73. The SMILES string of the molecule is CCOCCCn1ccnc1NC(C)C(C)(C)C. The lowest BCUT2D eigenvalue weighted by Gasteiger charge is -2.28. The maximum Gasteiger partial charge on any atom is 0.202 e. The number of anilines is 1. The van der Waals surface area contributed by atoms with Crippen molar-refractivity contribution in [2.24, 2.45) is 5.41 Å². The van der Waals surface area contributed by atoms with Gasteiger partial charge in [-0.1, -0.05) is 20.8 Å². The minimum absolute atomic E-state index is 0.224. The summed E-state index contributed by atoms with van der Waals surface area (Å²) in [5, 5.41) is 3.48. The first-order valence-corrected chi connectivity index (χ1v) is 6.80. The van der Waals surface area contributed by atoms with Crippen LogP contribution in [0.3, 0.4) is 0 Å². The van der Waals surface area contributed by atoms with Crippen molar-refractivity contribution in [1.82, 2.24) is 9.55 Å². The maximum absolute atomic E-state index is 5.35. The molecule has 1 aromatic rings. The van der Waals surface area contributed by atoms with Gasteiger partial charge in [-0.2, -0.15) is 0 Å². The molecule has 0 aromatic carbocycles. The van der Waals surface area contributed by atoms with Crippen LogP contribution < -0.4 is 5.32 Å². The fourth-order valence-corrected chi connectivity index (χ4v) is 1.52. The zero-order valence-electron chi connectivity index (χ0n) is 12.4. The van der Waals surface area contributed by atoms with Crippen LogP contribution >= 0.6 is 0 Å². The van der Waals surface area contributed by atoms with E-state index in [0.29, 0.717) is 6.04 Å². The summed E-state index contributed by atoms with van der Waals surface area (Å²) in [6, 6.07) is 0.380. The fourth-order valence-electron chi connectivity index (χ4n) is 1.52. The van der Waals surface area contributed by atoms with Gasteiger partial charge in [-0.15, -0.1) is 0 Å². The van der Waals surface area contributed by atoms with E-state index in [9.17, 15) is 0 Å². The molecule has 1 unspecified atom stereocenters. The molecule has 1 aromatic heterocycles. The highest BCUT2D eigenvalue weighted by Gasteiger charge is 2.20. The van der Waals surface area contributed by atoms with Gasteiger partial charge >= 0.3 is 0 Å². The third-order valence-corrected chi connectivity index (χ3v) is 3.25. The van der Waals surface area contributed by atoms with Crippen molar-refractivity contribution < 1.29 is 4.74 Å². The molecule has 0 fully saturated rings. The normalized spacial score (nSPS) is 13.6. The fraction of sp³-hybridized carbons (Fsp3) is 0.786. The first kappa shape index (κ1) is 15.0. The zero-order chi connectivity index (χ0) is 13.6. The average molecular weight is 253 g/mol. The Labute approximate surface area is 111 Å². The van der Waals surface area contributed by atoms with E-state index in [1.807, 2.05) is 19.3 Å². The quantitative estimate of drug-likeness (QED) is 0.759. The molecule has 0 spiro atoms. The Kier molecular flexibility index (Phi) is 5.66. The van der Waals surface area contributed by atoms with Gasteiger partial charge in [0, 0.05) is 38.2 Å². The van der Waals surface area contributed by atoms with E-state index < -0.39 is 0 Å². The lowest BCUT2D eigenvalue weighted by Crippen LogP contribution is -2.32. The smallest absolute Gasteiger partial charge is 0.202 e. The number of rotatable bonds is 7. The molecule has 1 atom stereocenters. The highest BCUT2D eigenvalue weighted by atomic mass is 16.5. The van der Waals surface area contributed by atoms with Crippen LogP contribution in [0.5, 0.6) is 0 Å². The second-order valence-corrected chi connectivity index (χ2v) is 5.73.